The van der Waals surface area contributed by atoms with Crippen LogP contribution >= 0.6 is 11.3 Å². The Balaban J connectivity index is 1.74. The van der Waals surface area contributed by atoms with Crippen LogP contribution in [0.3, 0.4) is 0 Å². The maximum Gasteiger partial charge on any atom is 0.573 e. The van der Waals surface area contributed by atoms with E-state index < -0.39 is 29.7 Å². The number of halogens is 4. The van der Waals surface area contributed by atoms with Gasteiger partial charge in [0.05, 0.1) is 12.1 Å². The van der Waals surface area contributed by atoms with Gasteiger partial charge in [-0.1, -0.05) is 0 Å². The summed E-state index contributed by atoms with van der Waals surface area (Å²) >= 11 is 1.04. The molecule has 0 aliphatic heterocycles. The summed E-state index contributed by atoms with van der Waals surface area (Å²) in [5.41, 5.74) is 1.06. The first-order valence-electron chi connectivity index (χ1n) is 9.35. The Labute approximate surface area is 189 Å². The van der Waals surface area contributed by atoms with E-state index in [0.717, 1.165) is 23.5 Å². The van der Waals surface area contributed by atoms with Crippen molar-refractivity contribution in [2.75, 3.05) is 24.7 Å². The number of hydrogen-bond acceptors (Lipinski definition) is 7. The third kappa shape index (κ3) is 5.61. The standard InChI is InChI=1S/C20H18F4N4O4S/c1-9-11(16(17(30)25-2)18(26-3)31-9)7-15(29)28-19-27-13(8-33-19)10-4-5-14(12(21)6-10)32-20(22,23)24/h4-6,8,26H,7H2,1-3H3,(H,25,30)(H,27,28,29). The minimum atomic E-state index is -5.01. The first kappa shape index (κ1) is 24.0. The lowest BCUT2D eigenvalue weighted by molar-refractivity contribution is -0.275. The fourth-order valence-electron chi connectivity index (χ4n) is 2.99. The summed E-state index contributed by atoms with van der Waals surface area (Å²) in [6.07, 6.45) is -5.19. The second-order valence-electron chi connectivity index (χ2n) is 6.63. The van der Waals surface area contributed by atoms with Gasteiger partial charge in [-0.2, -0.15) is 0 Å². The quantitative estimate of drug-likeness (QED) is 0.430. The molecule has 2 heterocycles. The lowest BCUT2D eigenvalue weighted by Crippen LogP contribution is -2.22. The number of anilines is 2. The topological polar surface area (TPSA) is 105 Å². The van der Waals surface area contributed by atoms with Crippen LogP contribution in [0.15, 0.2) is 28.0 Å². The van der Waals surface area contributed by atoms with Crippen molar-refractivity contribution in [1.29, 1.82) is 0 Å². The smallest absolute Gasteiger partial charge is 0.445 e. The van der Waals surface area contributed by atoms with E-state index in [-0.39, 0.29) is 34.3 Å². The number of ether oxygens (including phenoxy) is 1. The average molecular weight is 486 g/mol. The van der Waals surface area contributed by atoms with Gasteiger partial charge in [-0.25, -0.2) is 9.37 Å². The molecule has 0 aliphatic rings. The molecule has 3 N–H and O–H groups in total. The number of nitrogens with zero attached hydrogens (tertiary/aromatic N) is 1. The molecule has 8 nitrogen and oxygen atoms in total. The molecule has 2 aromatic heterocycles. The molecular weight excluding hydrogens is 468 g/mol. The molecule has 2 amide bonds. The van der Waals surface area contributed by atoms with E-state index in [0.29, 0.717) is 11.3 Å². The molecule has 0 bridgehead atoms. The number of hydrogen-bond donors (Lipinski definition) is 3. The maximum atomic E-state index is 14.0. The van der Waals surface area contributed by atoms with Crippen LogP contribution in [-0.2, 0) is 11.2 Å². The van der Waals surface area contributed by atoms with Gasteiger partial charge >= 0.3 is 6.36 Å². The van der Waals surface area contributed by atoms with E-state index in [4.69, 9.17) is 4.42 Å². The first-order valence-corrected chi connectivity index (χ1v) is 10.2. The van der Waals surface area contributed by atoms with Crippen LogP contribution in [0.1, 0.15) is 21.7 Å². The fraction of sp³-hybridized carbons (Fsp3) is 0.250. The number of alkyl halides is 3. The molecule has 1 aromatic carbocycles. The van der Waals surface area contributed by atoms with Crippen molar-refractivity contribution in [2.24, 2.45) is 0 Å². The zero-order chi connectivity index (χ0) is 24.3. The molecule has 13 heteroatoms. The van der Waals surface area contributed by atoms with Crippen LogP contribution in [0, 0.1) is 12.7 Å². The van der Waals surface area contributed by atoms with E-state index in [2.05, 4.69) is 25.7 Å². The summed E-state index contributed by atoms with van der Waals surface area (Å²) in [5.74, 6) is -2.45. The Kier molecular flexibility index (Phi) is 6.91. The van der Waals surface area contributed by atoms with Crippen molar-refractivity contribution in [2.45, 2.75) is 19.7 Å². The molecule has 0 unspecified atom stereocenters. The van der Waals surface area contributed by atoms with Gasteiger partial charge in [0.25, 0.3) is 5.91 Å². The normalized spacial score (nSPS) is 11.2. The summed E-state index contributed by atoms with van der Waals surface area (Å²) in [7, 11) is 3.03. The average Bonchev–Trinajstić information content (AvgIpc) is 3.32. The van der Waals surface area contributed by atoms with Crippen LogP contribution < -0.4 is 20.7 Å². The molecule has 0 saturated heterocycles. The van der Waals surface area contributed by atoms with Gasteiger partial charge in [0, 0.05) is 30.6 Å². The molecule has 176 valence electrons. The van der Waals surface area contributed by atoms with Crippen LogP contribution in [-0.4, -0.2) is 37.3 Å². The van der Waals surface area contributed by atoms with Crippen molar-refractivity contribution >= 4 is 34.2 Å². The predicted octanol–water partition coefficient (Wildman–Crippen LogP) is 4.33. The van der Waals surface area contributed by atoms with E-state index in [1.165, 1.54) is 18.5 Å². The number of nitrogens with one attached hydrogen (secondary N) is 3. The van der Waals surface area contributed by atoms with Gasteiger partial charge in [0.15, 0.2) is 16.7 Å². The SMILES string of the molecule is CNC(=O)c1c(NC)oc(C)c1CC(=O)Nc1nc(-c2ccc(OC(F)(F)F)c(F)c2)cs1. The van der Waals surface area contributed by atoms with Crippen molar-refractivity contribution in [1.82, 2.24) is 10.3 Å². The molecule has 0 fully saturated rings. The van der Waals surface area contributed by atoms with E-state index in [1.807, 2.05) is 0 Å². The van der Waals surface area contributed by atoms with Gasteiger partial charge in [0.2, 0.25) is 11.8 Å². The predicted molar refractivity (Wildman–Crippen MR) is 113 cm³/mol. The largest absolute Gasteiger partial charge is 0.573 e. The highest BCUT2D eigenvalue weighted by Gasteiger charge is 2.32. The molecule has 0 aliphatic carbocycles. The molecule has 0 radical (unpaired) electrons. The number of carbonyl (C=O) groups excluding carboxylic acids is 2. The molecular formula is C20H18F4N4O4S. The van der Waals surface area contributed by atoms with Crippen molar-refractivity contribution in [3.05, 3.63) is 46.3 Å². The summed E-state index contributed by atoms with van der Waals surface area (Å²) in [6.45, 7) is 1.62. The Morgan fingerprint density at radius 1 is 1.24 bits per heavy atom. The fourth-order valence-corrected chi connectivity index (χ4v) is 3.72. The third-order valence-corrected chi connectivity index (χ3v) is 5.19. The van der Waals surface area contributed by atoms with Crippen molar-refractivity contribution < 1.29 is 36.3 Å². The van der Waals surface area contributed by atoms with E-state index >= 15 is 0 Å². The highest BCUT2D eigenvalue weighted by molar-refractivity contribution is 7.14. The maximum absolute atomic E-state index is 14.0. The van der Waals surface area contributed by atoms with Gasteiger partial charge < -0.3 is 25.1 Å². The number of benzene rings is 1. The highest BCUT2D eigenvalue weighted by atomic mass is 32.1. The zero-order valence-corrected chi connectivity index (χ0v) is 18.3. The monoisotopic (exact) mass is 486 g/mol. The first-order chi connectivity index (χ1) is 15.5. The van der Waals surface area contributed by atoms with Gasteiger partial charge in [-0.05, 0) is 25.1 Å². The van der Waals surface area contributed by atoms with Crippen molar-refractivity contribution in [3.8, 4) is 17.0 Å². The summed E-state index contributed by atoms with van der Waals surface area (Å²) in [4.78, 5) is 28.9. The molecule has 3 rings (SSSR count). The number of rotatable bonds is 7. The Hall–Kier alpha value is -3.61. The summed E-state index contributed by atoms with van der Waals surface area (Å²) < 4.78 is 59.9. The molecule has 3 aromatic rings. The summed E-state index contributed by atoms with van der Waals surface area (Å²) in [5, 5.41) is 9.53. The minimum absolute atomic E-state index is 0.174. The van der Waals surface area contributed by atoms with Crippen LogP contribution in [0.25, 0.3) is 11.3 Å². The lowest BCUT2D eigenvalue weighted by Gasteiger charge is -2.10. The second kappa shape index (κ2) is 9.48. The number of aromatic nitrogens is 1. The number of carbonyl (C=O) groups is 2. The van der Waals surface area contributed by atoms with Crippen LogP contribution in [0.5, 0.6) is 5.75 Å². The number of thiazole rings is 1. The molecule has 0 saturated carbocycles. The third-order valence-electron chi connectivity index (χ3n) is 4.43. The number of furan rings is 1. The van der Waals surface area contributed by atoms with Gasteiger partial charge in [-0.3, -0.25) is 9.59 Å². The van der Waals surface area contributed by atoms with Crippen LogP contribution in [0.2, 0.25) is 0 Å². The van der Waals surface area contributed by atoms with Crippen LogP contribution in [0.4, 0.5) is 28.6 Å². The molecule has 0 spiro atoms. The lowest BCUT2D eigenvalue weighted by atomic mass is 10.1. The molecule has 0 atom stereocenters. The van der Waals surface area contributed by atoms with E-state index in [9.17, 15) is 27.2 Å². The minimum Gasteiger partial charge on any atom is -0.445 e. The Morgan fingerprint density at radius 3 is 2.58 bits per heavy atom. The Morgan fingerprint density at radius 2 is 1.97 bits per heavy atom. The number of aryl methyl sites for hydroxylation is 1. The zero-order valence-electron chi connectivity index (χ0n) is 17.5. The number of amides is 2. The summed E-state index contributed by atoms with van der Waals surface area (Å²) in [6, 6.07) is 2.91. The van der Waals surface area contributed by atoms with E-state index in [1.54, 1.807) is 14.0 Å². The van der Waals surface area contributed by atoms with Gasteiger partial charge in [0.1, 0.15) is 11.3 Å². The van der Waals surface area contributed by atoms with Gasteiger partial charge in [-0.15, -0.1) is 24.5 Å². The highest BCUT2D eigenvalue weighted by Crippen LogP contribution is 2.32. The molecule has 33 heavy (non-hydrogen) atoms. The van der Waals surface area contributed by atoms with Crippen molar-refractivity contribution in [3.63, 3.8) is 0 Å². The Bertz CT molecular complexity index is 1190. The second-order valence-corrected chi connectivity index (χ2v) is 7.48.